The van der Waals surface area contributed by atoms with Crippen LogP contribution in [0.1, 0.15) is 16.1 Å². The van der Waals surface area contributed by atoms with E-state index < -0.39 is 0 Å². The quantitative estimate of drug-likeness (QED) is 0.582. The monoisotopic (exact) mass is 403 g/mol. The molecule has 26 heavy (non-hydrogen) atoms. The largest absolute Gasteiger partial charge is 0.306 e. The van der Waals surface area contributed by atoms with Gasteiger partial charge in [0, 0.05) is 22.8 Å². The van der Waals surface area contributed by atoms with Crippen molar-refractivity contribution >= 4 is 46.4 Å². The number of hydrogen-bond acceptors (Lipinski definition) is 3. The third kappa shape index (κ3) is 3.16. The molecule has 2 heterocycles. The molecule has 0 unspecified atom stereocenters. The number of carbonyl (C=O) groups excluding carboxylic acids is 1. The molecular formula is C19H12Cl3N3O. The minimum Gasteiger partial charge on any atom is -0.306 e. The van der Waals surface area contributed by atoms with Crippen LogP contribution in [0.15, 0.2) is 48.8 Å². The molecule has 0 atom stereocenters. The van der Waals surface area contributed by atoms with E-state index in [9.17, 15) is 4.79 Å². The Morgan fingerprint density at radius 3 is 2.62 bits per heavy atom. The number of amides is 1. The fraction of sp³-hybridized carbons (Fsp3) is 0.105. The zero-order valence-electron chi connectivity index (χ0n) is 13.4. The minimum atomic E-state index is -0.185. The summed E-state index contributed by atoms with van der Waals surface area (Å²) in [6.45, 7) is 0.598. The fourth-order valence-corrected chi connectivity index (χ4v) is 3.45. The van der Waals surface area contributed by atoms with Crippen molar-refractivity contribution < 1.29 is 4.79 Å². The Morgan fingerprint density at radius 1 is 0.962 bits per heavy atom. The lowest BCUT2D eigenvalue weighted by Crippen LogP contribution is -2.29. The molecule has 1 aliphatic heterocycles. The average molecular weight is 405 g/mol. The van der Waals surface area contributed by atoms with Crippen LogP contribution in [0.5, 0.6) is 0 Å². The first-order valence-electron chi connectivity index (χ1n) is 7.91. The predicted molar refractivity (Wildman–Crippen MR) is 104 cm³/mol. The topological polar surface area (TPSA) is 46.1 Å². The van der Waals surface area contributed by atoms with E-state index in [1.165, 1.54) is 6.33 Å². The molecule has 4 nitrogen and oxygen atoms in total. The van der Waals surface area contributed by atoms with Crippen LogP contribution in [-0.2, 0) is 6.42 Å². The van der Waals surface area contributed by atoms with E-state index in [0.29, 0.717) is 33.0 Å². The van der Waals surface area contributed by atoms with Gasteiger partial charge in [-0.1, -0.05) is 46.9 Å². The highest BCUT2D eigenvalue weighted by atomic mass is 35.5. The van der Waals surface area contributed by atoms with Gasteiger partial charge in [0.15, 0.2) is 0 Å². The van der Waals surface area contributed by atoms with Gasteiger partial charge in [0.05, 0.1) is 15.7 Å². The zero-order chi connectivity index (χ0) is 18.3. The van der Waals surface area contributed by atoms with Crippen LogP contribution >= 0.6 is 34.8 Å². The van der Waals surface area contributed by atoms with Crippen LogP contribution in [0.3, 0.4) is 0 Å². The van der Waals surface area contributed by atoms with Gasteiger partial charge in [-0.15, -0.1) is 0 Å². The highest BCUT2D eigenvalue weighted by Crippen LogP contribution is 2.32. The van der Waals surface area contributed by atoms with Gasteiger partial charge in [0.25, 0.3) is 5.91 Å². The van der Waals surface area contributed by atoms with E-state index in [1.807, 2.05) is 18.2 Å². The van der Waals surface area contributed by atoms with Gasteiger partial charge in [0.2, 0.25) is 0 Å². The number of hydrogen-bond donors (Lipinski definition) is 0. The van der Waals surface area contributed by atoms with Crippen molar-refractivity contribution in [3.8, 4) is 11.3 Å². The molecule has 0 saturated carbocycles. The molecular weight excluding hydrogens is 393 g/mol. The number of fused-ring (bicyclic) bond motifs is 1. The number of aromatic nitrogens is 2. The van der Waals surface area contributed by atoms with E-state index >= 15 is 0 Å². The van der Waals surface area contributed by atoms with E-state index in [2.05, 4.69) is 9.97 Å². The summed E-state index contributed by atoms with van der Waals surface area (Å²) in [6, 6.07) is 12.5. The standard InChI is InChI=1S/C19H12Cl3N3O/c20-13-3-1-11-5-6-25(18(11)8-13)19(26)17-9-16(23-10-24-17)12-2-4-14(21)15(22)7-12/h1-4,7-10H,5-6H2. The van der Waals surface area contributed by atoms with Gasteiger partial charge in [-0.2, -0.15) is 0 Å². The van der Waals surface area contributed by atoms with Crippen LogP contribution in [0.25, 0.3) is 11.3 Å². The van der Waals surface area contributed by atoms with E-state index in [4.69, 9.17) is 34.8 Å². The highest BCUT2D eigenvalue weighted by molar-refractivity contribution is 6.42. The van der Waals surface area contributed by atoms with Crippen LogP contribution in [-0.4, -0.2) is 22.4 Å². The Morgan fingerprint density at radius 2 is 1.81 bits per heavy atom. The third-order valence-corrected chi connectivity index (χ3v) is 5.26. The first-order chi connectivity index (χ1) is 12.5. The third-order valence-electron chi connectivity index (χ3n) is 4.29. The van der Waals surface area contributed by atoms with Gasteiger partial charge in [-0.3, -0.25) is 4.79 Å². The number of carbonyl (C=O) groups is 1. The highest BCUT2D eigenvalue weighted by Gasteiger charge is 2.27. The molecule has 3 aromatic rings. The Labute approximate surface area is 165 Å². The van der Waals surface area contributed by atoms with Crippen molar-refractivity contribution in [1.29, 1.82) is 0 Å². The molecule has 0 radical (unpaired) electrons. The lowest BCUT2D eigenvalue weighted by Gasteiger charge is -2.17. The Balaban J connectivity index is 1.68. The summed E-state index contributed by atoms with van der Waals surface area (Å²) < 4.78 is 0. The lowest BCUT2D eigenvalue weighted by atomic mass is 10.1. The summed E-state index contributed by atoms with van der Waals surface area (Å²) in [5.74, 6) is -0.185. The van der Waals surface area contributed by atoms with Gasteiger partial charge < -0.3 is 4.90 Å². The Bertz CT molecular complexity index is 1020. The Hall–Kier alpha value is -2.14. The van der Waals surface area contributed by atoms with Crippen molar-refractivity contribution in [1.82, 2.24) is 9.97 Å². The number of benzene rings is 2. The van der Waals surface area contributed by atoms with Crippen molar-refractivity contribution in [2.24, 2.45) is 0 Å². The molecule has 1 aromatic heterocycles. The molecule has 0 aliphatic carbocycles. The van der Waals surface area contributed by atoms with E-state index in [0.717, 1.165) is 23.2 Å². The summed E-state index contributed by atoms with van der Waals surface area (Å²) in [7, 11) is 0. The molecule has 0 N–H and O–H groups in total. The van der Waals surface area contributed by atoms with Gasteiger partial charge in [-0.25, -0.2) is 9.97 Å². The maximum Gasteiger partial charge on any atom is 0.277 e. The molecule has 7 heteroatoms. The van der Waals surface area contributed by atoms with Crippen molar-refractivity contribution in [2.45, 2.75) is 6.42 Å². The normalized spacial score (nSPS) is 13.0. The smallest absolute Gasteiger partial charge is 0.277 e. The maximum absolute atomic E-state index is 13.0. The predicted octanol–water partition coefficient (Wildman–Crippen LogP) is 5.31. The molecule has 2 aromatic carbocycles. The molecule has 4 rings (SSSR count). The summed E-state index contributed by atoms with van der Waals surface area (Å²) in [5, 5.41) is 1.49. The zero-order valence-corrected chi connectivity index (χ0v) is 15.7. The second-order valence-corrected chi connectivity index (χ2v) is 7.15. The van der Waals surface area contributed by atoms with Crippen LogP contribution in [0.4, 0.5) is 5.69 Å². The fourth-order valence-electron chi connectivity index (χ4n) is 2.99. The molecule has 1 amide bonds. The average Bonchev–Trinajstić information content (AvgIpc) is 3.06. The van der Waals surface area contributed by atoms with Crippen LogP contribution < -0.4 is 4.90 Å². The minimum absolute atomic E-state index is 0.185. The first-order valence-corrected chi connectivity index (χ1v) is 9.04. The molecule has 130 valence electrons. The first kappa shape index (κ1) is 17.3. The van der Waals surface area contributed by atoms with Crippen LogP contribution in [0, 0.1) is 0 Å². The number of nitrogens with zero attached hydrogens (tertiary/aromatic N) is 3. The number of anilines is 1. The van der Waals surface area contributed by atoms with Gasteiger partial charge in [0.1, 0.15) is 12.0 Å². The molecule has 0 bridgehead atoms. The van der Waals surface area contributed by atoms with Gasteiger partial charge >= 0.3 is 0 Å². The second kappa shape index (κ2) is 6.88. The number of halogens is 3. The summed E-state index contributed by atoms with van der Waals surface area (Å²) in [6.07, 6.45) is 2.17. The van der Waals surface area contributed by atoms with Crippen molar-refractivity contribution in [3.63, 3.8) is 0 Å². The van der Waals surface area contributed by atoms with Crippen LogP contribution in [0.2, 0.25) is 15.1 Å². The molecule has 0 saturated heterocycles. The van der Waals surface area contributed by atoms with E-state index in [-0.39, 0.29) is 5.91 Å². The summed E-state index contributed by atoms with van der Waals surface area (Å²) in [5.41, 5.74) is 3.61. The maximum atomic E-state index is 13.0. The lowest BCUT2D eigenvalue weighted by molar-refractivity contribution is 0.0984. The van der Waals surface area contributed by atoms with Gasteiger partial charge in [-0.05, 0) is 42.3 Å². The van der Waals surface area contributed by atoms with Crippen molar-refractivity contribution in [2.75, 3.05) is 11.4 Å². The molecule has 0 fully saturated rings. The van der Waals surface area contributed by atoms with E-state index in [1.54, 1.807) is 29.2 Å². The molecule has 1 aliphatic rings. The number of rotatable bonds is 2. The van der Waals surface area contributed by atoms with Crippen molar-refractivity contribution in [3.05, 3.63) is 75.1 Å². The SMILES string of the molecule is O=C(c1cc(-c2ccc(Cl)c(Cl)c2)ncn1)N1CCc2ccc(Cl)cc21. The Kier molecular flexibility index (Phi) is 4.57. The summed E-state index contributed by atoms with van der Waals surface area (Å²) >= 11 is 18.1. The summed E-state index contributed by atoms with van der Waals surface area (Å²) in [4.78, 5) is 23.1. The molecule has 0 spiro atoms. The second-order valence-electron chi connectivity index (χ2n) is 5.90.